The molecule has 1 N–H and O–H groups in total. The molecule has 0 saturated heterocycles. The topological polar surface area (TPSA) is 41.1 Å². The normalized spacial score (nSPS) is 13.2. The highest BCUT2D eigenvalue weighted by molar-refractivity contribution is 5.76. The molecule has 1 aromatic carbocycles. The average Bonchev–Trinajstić information content (AvgIpc) is 2.38. The molecule has 0 spiro atoms. The van der Waals surface area contributed by atoms with E-state index in [0.717, 1.165) is 29.1 Å². The van der Waals surface area contributed by atoms with Crippen LogP contribution in [-0.2, 0) is 0 Å². The van der Waals surface area contributed by atoms with Crippen LogP contribution in [0.4, 0.5) is 5.82 Å². The largest absolute Gasteiger partial charge is 0.364 e. The van der Waals surface area contributed by atoms with Crippen LogP contribution < -0.4 is 5.32 Å². The van der Waals surface area contributed by atoms with Gasteiger partial charge in [0.2, 0.25) is 0 Å². The molecule has 0 aliphatic heterocycles. The van der Waals surface area contributed by atoms with E-state index in [-0.39, 0.29) is 0 Å². The Morgan fingerprint density at radius 2 is 1.70 bits per heavy atom. The van der Waals surface area contributed by atoms with E-state index < -0.39 is 0 Å². The third kappa shape index (κ3) is 3.45. The highest BCUT2D eigenvalue weighted by atomic mass is 15.1. The average molecular weight is 272 g/mol. The van der Waals surface area contributed by atoms with Crippen LogP contribution in [-0.4, -0.2) is 41.5 Å². The van der Waals surface area contributed by atoms with Gasteiger partial charge < -0.3 is 10.2 Å². The maximum absolute atomic E-state index is 4.71. The predicted octanol–water partition coefficient (Wildman–Crippen LogP) is 2.94. The van der Waals surface area contributed by atoms with Crippen molar-refractivity contribution in [3.05, 3.63) is 30.0 Å². The molecule has 0 fully saturated rings. The fraction of sp³-hybridized carbons (Fsp3) is 0.500. The SMILES string of the molecule is Cc1nc2ccccc2nc1NC(CN(C)C)C(C)C. The number of benzene rings is 1. The zero-order chi connectivity index (χ0) is 14.7. The first-order valence-corrected chi connectivity index (χ1v) is 7.12. The third-order valence-corrected chi connectivity index (χ3v) is 3.43. The maximum atomic E-state index is 4.71. The summed E-state index contributed by atoms with van der Waals surface area (Å²) in [6.07, 6.45) is 0. The molecule has 0 bridgehead atoms. The summed E-state index contributed by atoms with van der Waals surface area (Å²) in [5.74, 6) is 1.43. The predicted molar refractivity (Wildman–Crippen MR) is 85.1 cm³/mol. The van der Waals surface area contributed by atoms with Gasteiger partial charge in [0.25, 0.3) is 0 Å². The molecule has 2 rings (SSSR count). The zero-order valence-electron chi connectivity index (χ0n) is 13.0. The van der Waals surface area contributed by atoms with Crippen molar-refractivity contribution in [3.8, 4) is 0 Å². The molecular weight excluding hydrogens is 248 g/mol. The van der Waals surface area contributed by atoms with Crippen molar-refractivity contribution in [1.82, 2.24) is 14.9 Å². The Balaban J connectivity index is 2.29. The summed E-state index contributed by atoms with van der Waals surface area (Å²) in [4.78, 5) is 11.5. The van der Waals surface area contributed by atoms with E-state index in [2.05, 4.69) is 43.1 Å². The second-order valence-electron chi connectivity index (χ2n) is 5.90. The van der Waals surface area contributed by atoms with Crippen molar-refractivity contribution in [2.75, 3.05) is 26.0 Å². The number of aromatic nitrogens is 2. The lowest BCUT2D eigenvalue weighted by Crippen LogP contribution is -2.37. The van der Waals surface area contributed by atoms with Gasteiger partial charge in [-0.05, 0) is 39.1 Å². The van der Waals surface area contributed by atoms with E-state index >= 15 is 0 Å². The van der Waals surface area contributed by atoms with Crippen LogP contribution in [0, 0.1) is 12.8 Å². The van der Waals surface area contributed by atoms with Gasteiger partial charge in [0, 0.05) is 12.6 Å². The molecule has 0 saturated carbocycles. The number of nitrogens with one attached hydrogen (secondary N) is 1. The second kappa shape index (κ2) is 6.18. The molecule has 4 heteroatoms. The number of fused-ring (bicyclic) bond motifs is 1. The minimum absolute atomic E-state index is 0.360. The summed E-state index contributed by atoms with van der Waals surface area (Å²) in [6.45, 7) is 7.44. The fourth-order valence-corrected chi connectivity index (χ4v) is 2.22. The van der Waals surface area contributed by atoms with Crippen molar-refractivity contribution in [3.63, 3.8) is 0 Å². The summed E-state index contributed by atoms with van der Waals surface area (Å²) < 4.78 is 0. The highest BCUT2D eigenvalue weighted by Crippen LogP contribution is 2.18. The van der Waals surface area contributed by atoms with Crippen LogP contribution in [0.15, 0.2) is 24.3 Å². The minimum Gasteiger partial charge on any atom is -0.364 e. The van der Waals surface area contributed by atoms with Crippen LogP contribution >= 0.6 is 0 Å². The summed E-state index contributed by atoms with van der Waals surface area (Å²) in [5, 5.41) is 3.55. The van der Waals surface area contributed by atoms with Crippen LogP contribution in [0.25, 0.3) is 11.0 Å². The van der Waals surface area contributed by atoms with E-state index in [9.17, 15) is 0 Å². The lowest BCUT2D eigenvalue weighted by molar-refractivity contribution is 0.344. The number of likely N-dealkylation sites (N-methyl/N-ethyl adjacent to an activating group) is 1. The van der Waals surface area contributed by atoms with Gasteiger partial charge in [0.15, 0.2) is 0 Å². The monoisotopic (exact) mass is 272 g/mol. The molecule has 1 unspecified atom stereocenters. The van der Waals surface area contributed by atoms with Gasteiger partial charge in [-0.1, -0.05) is 26.0 Å². The van der Waals surface area contributed by atoms with E-state index in [1.54, 1.807) is 0 Å². The third-order valence-electron chi connectivity index (χ3n) is 3.43. The molecule has 2 aromatic rings. The first-order chi connectivity index (χ1) is 9.47. The Bertz CT molecular complexity index is 578. The zero-order valence-corrected chi connectivity index (χ0v) is 13.0. The molecular formula is C16H24N4. The number of para-hydroxylation sites is 2. The van der Waals surface area contributed by atoms with Gasteiger partial charge in [0.05, 0.1) is 16.7 Å². The van der Waals surface area contributed by atoms with E-state index in [1.165, 1.54) is 0 Å². The Kier molecular flexibility index (Phi) is 4.55. The first-order valence-electron chi connectivity index (χ1n) is 7.12. The molecule has 1 heterocycles. The molecule has 1 atom stereocenters. The van der Waals surface area contributed by atoms with Gasteiger partial charge in [-0.3, -0.25) is 0 Å². The van der Waals surface area contributed by atoms with Crippen molar-refractivity contribution >= 4 is 16.9 Å². The number of hydrogen-bond acceptors (Lipinski definition) is 4. The number of nitrogens with zero attached hydrogens (tertiary/aromatic N) is 3. The molecule has 0 aliphatic carbocycles. The number of hydrogen-bond donors (Lipinski definition) is 1. The van der Waals surface area contributed by atoms with E-state index in [4.69, 9.17) is 4.98 Å². The summed E-state index contributed by atoms with van der Waals surface area (Å²) in [6, 6.07) is 8.35. The van der Waals surface area contributed by atoms with Crippen molar-refractivity contribution in [1.29, 1.82) is 0 Å². The number of aryl methyl sites for hydroxylation is 1. The van der Waals surface area contributed by atoms with Gasteiger partial charge in [-0.2, -0.15) is 0 Å². The summed E-state index contributed by atoms with van der Waals surface area (Å²) in [7, 11) is 4.19. The van der Waals surface area contributed by atoms with Gasteiger partial charge in [-0.15, -0.1) is 0 Å². The number of rotatable bonds is 5. The Morgan fingerprint density at radius 1 is 1.10 bits per heavy atom. The Labute approximate surface area is 121 Å². The molecule has 4 nitrogen and oxygen atoms in total. The molecule has 0 amide bonds. The first kappa shape index (κ1) is 14.7. The van der Waals surface area contributed by atoms with Gasteiger partial charge in [0.1, 0.15) is 5.82 Å². The van der Waals surface area contributed by atoms with Crippen molar-refractivity contribution in [2.45, 2.75) is 26.8 Å². The van der Waals surface area contributed by atoms with E-state index in [0.29, 0.717) is 12.0 Å². The Morgan fingerprint density at radius 3 is 2.25 bits per heavy atom. The van der Waals surface area contributed by atoms with Crippen LogP contribution in [0.2, 0.25) is 0 Å². The second-order valence-corrected chi connectivity index (χ2v) is 5.90. The van der Waals surface area contributed by atoms with Gasteiger partial charge >= 0.3 is 0 Å². The highest BCUT2D eigenvalue weighted by Gasteiger charge is 2.16. The van der Waals surface area contributed by atoms with Gasteiger partial charge in [-0.25, -0.2) is 9.97 Å². The molecule has 108 valence electrons. The van der Waals surface area contributed by atoms with Crippen LogP contribution in [0.3, 0.4) is 0 Å². The standard InChI is InChI=1S/C16H24N4/c1-11(2)15(10-20(4)5)19-16-12(3)17-13-8-6-7-9-14(13)18-16/h6-9,11,15H,10H2,1-5H3,(H,18,19). The smallest absolute Gasteiger partial charge is 0.148 e. The van der Waals surface area contributed by atoms with Crippen molar-refractivity contribution in [2.24, 2.45) is 5.92 Å². The summed E-state index contributed by atoms with van der Waals surface area (Å²) in [5.41, 5.74) is 2.84. The van der Waals surface area contributed by atoms with E-state index in [1.807, 2.05) is 31.2 Å². The van der Waals surface area contributed by atoms with Crippen LogP contribution in [0.1, 0.15) is 19.5 Å². The lowest BCUT2D eigenvalue weighted by Gasteiger charge is -2.26. The molecule has 1 aromatic heterocycles. The Hall–Kier alpha value is -1.68. The molecule has 0 radical (unpaired) electrons. The quantitative estimate of drug-likeness (QED) is 0.908. The fourth-order valence-electron chi connectivity index (χ4n) is 2.22. The van der Waals surface area contributed by atoms with Crippen molar-refractivity contribution < 1.29 is 0 Å². The minimum atomic E-state index is 0.360. The van der Waals surface area contributed by atoms with Crippen LogP contribution in [0.5, 0.6) is 0 Å². The lowest BCUT2D eigenvalue weighted by atomic mass is 10.0. The number of anilines is 1. The summed E-state index contributed by atoms with van der Waals surface area (Å²) >= 11 is 0. The maximum Gasteiger partial charge on any atom is 0.148 e. The molecule has 0 aliphatic rings. The molecule has 20 heavy (non-hydrogen) atoms.